The average molecular weight is 284 g/mol. The van der Waals surface area contributed by atoms with Crippen LogP contribution in [0, 0.1) is 6.92 Å². The van der Waals surface area contributed by atoms with E-state index in [1.165, 1.54) is 0 Å². The fourth-order valence-electron chi connectivity index (χ4n) is 2.16. The second kappa shape index (κ2) is 6.31. The second-order valence-corrected chi connectivity index (χ2v) is 5.01. The lowest BCUT2D eigenvalue weighted by Gasteiger charge is -2.17. The summed E-state index contributed by atoms with van der Waals surface area (Å²) in [5.41, 5.74) is 8.92. The summed E-state index contributed by atoms with van der Waals surface area (Å²) in [5.74, 6) is 0.605. The average Bonchev–Trinajstić information content (AvgIpc) is 2.49. The van der Waals surface area contributed by atoms with E-state index >= 15 is 0 Å². The summed E-state index contributed by atoms with van der Waals surface area (Å²) in [6.07, 6.45) is 0. The van der Waals surface area contributed by atoms with Crippen molar-refractivity contribution in [3.8, 4) is 5.75 Å². The highest BCUT2D eigenvalue weighted by Gasteiger charge is 2.15. The van der Waals surface area contributed by atoms with E-state index in [-0.39, 0.29) is 11.9 Å². The van der Waals surface area contributed by atoms with Crippen molar-refractivity contribution < 1.29 is 9.53 Å². The van der Waals surface area contributed by atoms with Gasteiger partial charge in [0.05, 0.1) is 13.2 Å². The van der Waals surface area contributed by atoms with Crippen molar-refractivity contribution in [2.75, 3.05) is 12.8 Å². The number of benzene rings is 2. The van der Waals surface area contributed by atoms with Crippen LogP contribution in [0.25, 0.3) is 0 Å². The zero-order chi connectivity index (χ0) is 15.4. The molecule has 4 nitrogen and oxygen atoms in total. The molecule has 1 atom stereocenters. The molecule has 2 aromatic carbocycles. The first-order valence-corrected chi connectivity index (χ1v) is 6.83. The maximum Gasteiger partial charge on any atom is 0.251 e. The predicted octanol–water partition coefficient (Wildman–Crippen LogP) is 3.08. The molecule has 0 aliphatic heterocycles. The van der Waals surface area contributed by atoms with Crippen molar-refractivity contribution in [3.05, 3.63) is 59.2 Å². The largest absolute Gasteiger partial charge is 0.496 e. The Morgan fingerprint density at radius 3 is 2.62 bits per heavy atom. The van der Waals surface area contributed by atoms with Gasteiger partial charge in [-0.25, -0.2) is 0 Å². The molecule has 0 aliphatic carbocycles. The zero-order valence-corrected chi connectivity index (χ0v) is 12.5. The van der Waals surface area contributed by atoms with Gasteiger partial charge in [0.25, 0.3) is 5.91 Å². The number of nitrogens with one attached hydrogen (secondary N) is 1. The number of para-hydroxylation sites is 1. The van der Waals surface area contributed by atoms with E-state index in [9.17, 15) is 4.79 Å². The Bertz CT molecular complexity index is 653. The molecule has 0 aromatic heterocycles. The van der Waals surface area contributed by atoms with Crippen LogP contribution < -0.4 is 15.8 Å². The normalized spacial score (nSPS) is 11.8. The Labute approximate surface area is 124 Å². The maximum atomic E-state index is 12.3. The molecule has 2 rings (SSSR count). The first-order valence-electron chi connectivity index (χ1n) is 6.83. The summed E-state index contributed by atoms with van der Waals surface area (Å²) in [5, 5.41) is 2.96. The molecule has 0 heterocycles. The van der Waals surface area contributed by atoms with Gasteiger partial charge in [0.1, 0.15) is 5.75 Å². The van der Waals surface area contributed by atoms with E-state index in [2.05, 4.69) is 5.32 Å². The Balaban J connectivity index is 2.16. The summed E-state index contributed by atoms with van der Waals surface area (Å²) in [7, 11) is 1.62. The van der Waals surface area contributed by atoms with Crippen LogP contribution in [0.2, 0.25) is 0 Å². The fourth-order valence-corrected chi connectivity index (χ4v) is 2.16. The number of hydrogen-bond donors (Lipinski definition) is 2. The molecule has 0 fully saturated rings. The van der Waals surface area contributed by atoms with Crippen LogP contribution in [0.5, 0.6) is 5.75 Å². The highest BCUT2D eigenvalue weighted by molar-refractivity contribution is 5.95. The van der Waals surface area contributed by atoms with Gasteiger partial charge >= 0.3 is 0 Å². The zero-order valence-electron chi connectivity index (χ0n) is 12.5. The summed E-state index contributed by atoms with van der Waals surface area (Å²) >= 11 is 0. The molecule has 4 heteroatoms. The van der Waals surface area contributed by atoms with Gasteiger partial charge < -0.3 is 15.8 Å². The van der Waals surface area contributed by atoms with Crippen molar-refractivity contribution in [2.45, 2.75) is 19.9 Å². The van der Waals surface area contributed by atoms with Crippen molar-refractivity contribution in [1.29, 1.82) is 0 Å². The third kappa shape index (κ3) is 3.34. The first-order chi connectivity index (χ1) is 10.0. The molecule has 0 saturated heterocycles. The van der Waals surface area contributed by atoms with Crippen molar-refractivity contribution in [1.82, 2.24) is 5.32 Å². The van der Waals surface area contributed by atoms with Crippen LogP contribution in [0.1, 0.15) is 34.5 Å². The number of nitrogens with two attached hydrogens (primary N) is 1. The van der Waals surface area contributed by atoms with Crippen LogP contribution in [-0.4, -0.2) is 13.0 Å². The third-order valence-corrected chi connectivity index (χ3v) is 3.49. The highest BCUT2D eigenvalue weighted by atomic mass is 16.5. The molecule has 2 aromatic rings. The predicted molar refractivity (Wildman–Crippen MR) is 84.5 cm³/mol. The molecule has 1 amide bonds. The number of nitrogen functional groups attached to an aromatic ring is 1. The molecule has 0 radical (unpaired) electrons. The molecule has 0 unspecified atom stereocenters. The maximum absolute atomic E-state index is 12.3. The van der Waals surface area contributed by atoms with Crippen LogP contribution >= 0.6 is 0 Å². The molecule has 21 heavy (non-hydrogen) atoms. The lowest BCUT2D eigenvalue weighted by molar-refractivity contribution is 0.0939. The quantitative estimate of drug-likeness (QED) is 0.848. The van der Waals surface area contributed by atoms with Gasteiger partial charge in [-0.1, -0.05) is 24.3 Å². The summed E-state index contributed by atoms with van der Waals surface area (Å²) in [6, 6.07) is 12.8. The van der Waals surface area contributed by atoms with E-state index in [4.69, 9.17) is 10.5 Å². The minimum absolute atomic E-state index is 0.153. The standard InChI is InChI=1S/C17H20N2O2/c1-11-8-9-13(10-15(11)18)17(20)19-12(2)14-6-4-5-7-16(14)21-3/h4-10,12H,18H2,1-3H3,(H,19,20)/t12-/m0/s1. The van der Waals surface area contributed by atoms with Gasteiger partial charge in [-0.15, -0.1) is 0 Å². The first kappa shape index (κ1) is 14.9. The lowest BCUT2D eigenvalue weighted by atomic mass is 10.1. The van der Waals surface area contributed by atoms with Gasteiger partial charge in [0, 0.05) is 16.8 Å². The van der Waals surface area contributed by atoms with Gasteiger partial charge in [-0.3, -0.25) is 4.79 Å². The van der Waals surface area contributed by atoms with Crippen LogP contribution in [0.4, 0.5) is 5.69 Å². The smallest absolute Gasteiger partial charge is 0.251 e. The van der Waals surface area contributed by atoms with Crippen LogP contribution in [0.15, 0.2) is 42.5 Å². The third-order valence-electron chi connectivity index (χ3n) is 3.49. The monoisotopic (exact) mass is 284 g/mol. The number of ether oxygens (including phenoxy) is 1. The van der Waals surface area contributed by atoms with Gasteiger partial charge in [-0.2, -0.15) is 0 Å². The number of hydrogen-bond acceptors (Lipinski definition) is 3. The number of rotatable bonds is 4. The van der Waals surface area contributed by atoms with E-state index < -0.39 is 0 Å². The van der Waals surface area contributed by atoms with Crippen molar-refractivity contribution in [3.63, 3.8) is 0 Å². The van der Waals surface area contributed by atoms with E-state index in [0.717, 1.165) is 16.9 Å². The topological polar surface area (TPSA) is 64.3 Å². The van der Waals surface area contributed by atoms with Crippen molar-refractivity contribution in [2.24, 2.45) is 0 Å². The summed E-state index contributed by atoms with van der Waals surface area (Å²) < 4.78 is 5.32. The molecule has 0 spiro atoms. The number of carbonyl (C=O) groups excluding carboxylic acids is 1. The van der Waals surface area contributed by atoms with E-state index in [1.807, 2.05) is 44.2 Å². The van der Waals surface area contributed by atoms with Crippen LogP contribution in [-0.2, 0) is 0 Å². The SMILES string of the molecule is COc1ccccc1[C@H](C)NC(=O)c1ccc(C)c(N)c1. The minimum Gasteiger partial charge on any atom is -0.496 e. The number of carbonyl (C=O) groups is 1. The Hall–Kier alpha value is -2.49. The van der Waals surface area contributed by atoms with Crippen LogP contribution in [0.3, 0.4) is 0 Å². The molecular weight excluding hydrogens is 264 g/mol. The number of aryl methyl sites for hydroxylation is 1. The molecule has 0 saturated carbocycles. The minimum atomic E-state index is -0.156. The molecule has 110 valence electrons. The Morgan fingerprint density at radius 2 is 1.95 bits per heavy atom. The van der Waals surface area contributed by atoms with E-state index in [1.54, 1.807) is 19.2 Å². The molecule has 3 N–H and O–H groups in total. The second-order valence-electron chi connectivity index (χ2n) is 5.01. The van der Waals surface area contributed by atoms with E-state index in [0.29, 0.717) is 11.3 Å². The molecule has 0 aliphatic rings. The summed E-state index contributed by atoms with van der Waals surface area (Å²) in [6.45, 7) is 3.84. The summed E-state index contributed by atoms with van der Waals surface area (Å²) in [4.78, 5) is 12.3. The highest BCUT2D eigenvalue weighted by Crippen LogP contribution is 2.24. The number of amides is 1. The van der Waals surface area contributed by atoms with Gasteiger partial charge in [0.2, 0.25) is 0 Å². The van der Waals surface area contributed by atoms with Gasteiger partial charge in [-0.05, 0) is 37.6 Å². The molecular formula is C17H20N2O2. The van der Waals surface area contributed by atoms with Crippen molar-refractivity contribution >= 4 is 11.6 Å². The Morgan fingerprint density at radius 1 is 1.24 bits per heavy atom. The number of methoxy groups -OCH3 is 1. The molecule has 0 bridgehead atoms. The Kier molecular flexibility index (Phi) is 4.48. The van der Waals surface area contributed by atoms with Gasteiger partial charge in [0.15, 0.2) is 0 Å². The lowest BCUT2D eigenvalue weighted by Crippen LogP contribution is -2.27. The number of anilines is 1. The fraction of sp³-hybridized carbons (Fsp3) is 0.235.